The second-order valence-corrected chi connectivity index (χ2v) is 32.9. The highest BCUT2D eigenvalue weighted by Gasteiger charge is 2.23. The largest absolute Gasteiger partial charge is 0.506 e. The smallest absolute Gasteiger partial charge is 0.369 e. The summed E-state index contributed by atoms with van der Waals surface area (Å²) < 4.78 is 61.1. The molecule has 0 saturated heterocycles. The number of aromatic nitrogens is 7. The third-order valence-electron chi connectivity index (χ3n) is 15.5. The zero-order valence-electron chi connectivity index (χ0n) is 70.6. The fourth-order valence-electron chi connectivity index (χ4n) is 9.90. The van der Waals surface area contributed by atoms with Crippen LogP contribution in [0.25, 0.3) is 22.7 Å². The SMILES string of the molecule is BrB(Br)Br.BrBr.BrBr.C.C.CC(=O)c1ccc(C)cc1Br.CCC(=O)Nc1ccccn1.[2HH].[2H]C1=CC(=O)C=CC1=C(O)c1c(CC)nc2ccccn12.[2H][2H].[2H]c1c(C(=O)c2c(CC)nc3ccccn23)cc(Br)c(O)c1Br.[2H]c1cc(C)ccc1C(=O)CBr.[2H]c1cc(C)ccc1C(C)=O.[2H]c1cc(OC)ccc1C(=O)c1c(CC)nc2ccccn12.[B]. The summed E-state index contributed by atoms with van der Waals surface area (Å²) in [4.78, 5) is 98.4. The summed E-state index contributed by atoms with van der Waals surface area (Å²) in [5.74, 6) is 0.307. The van der Waals surface area contributed by atoms with Crippen molar-refractivity contribution < 1.29 is 59.8 Å². The number of ketones is 6. The Labute approximate surface area is 787 Å². The molecular weight excluding hydrogens is 2210 g/mol. The number of alkyl halides is 1. The molecule has 3 N–H and O–H groups in total. The number of anilines is 1. The van der Waals surface area contributed by atoms with Gasteiger partial charge in [-0.3, -0.25) is 46.8 Å². The number of phenols is 1. The molecule has 1 aliphatic carbocycles. The Kier molecular flexibility index (Phi) is 47.4. The lowest BCUT2D eigenvalue weighted by atomic mass is 10.1. The molecule has 7 heterocycles. The van der Waals surface area contributed by atoms with Crippen LogP contribution in [-0.2, 0) is 28.9 Å². The minimum atomic E-state index is -0.299. The number of fused-ring (bicyclic) bond motifs is 3. The van der Waals surface area contributed by atoms with Crippen molar-refractivity contribution in [1.82, 2.24) is 33.1 Å². The van der Waals surface area contributed by atoms with Gasteiger partial charge in [-0.05, 0) is 207 Å². The number of allylic oxidation sites excluding steroid dienone is 5. The molecule has 117 heavy (non-hydrogen) atoms. The molecule has 0 spiro atoms. The molecule has 619 valence electrons. The number of nitrogens with zero attached hydrogens (tertiary/aromatic N) is 7. The molecule has 12 aromatic rings. The second-order valence-electron chi connectivity index (χ2n) is 23.4. The van der Waals surface area contributed by atoms with Gasteiger partial charge >= 0.3 is 3.18 Å². The first-order valence-corrected chi connectivity index (χ1v) is 47.9. The number of phenolic OH excluding ortho intramolecular Hbond substituents is 1. The van der Waals surface area contributed by atoms with Gasteiger partial charge in [0.15, 0.2) is 23.1 Å². The normalized spacial score (nSPS) is 11.5. The van der Waals surface area contributed by atoms with Crippen LogP contribution < -0.4 is 10.1 Å². The van der Waals surface area contributed by atoms with E-state index in [1.807, 2.05) is 151 Å². The van der Waals surface area contributed by atoms with Crippen molar-refractivity contribution in [2.24, 2.45) is 0 Å². The van der Waals surface area contributed by atoms with E-state index in [0.29, 0.717) is 104 Å². The van der Waals surface area contributed by atoms with Gasteiger partial charge in [0.05, 0.1) is 45.3 Å². The number of aryl methyl sites for hydroxylation is 6. The Hall–Kier alpha value is -7.16. The van der Waals surface area contributed by atoms with Crippen molar-refractivity contribution >= 4 is 248 Å². The third kappa shape index (κ3) is 34.1. The average Bonchev–Trinajstić information content (AvgIpc) is 1.66. The van der Waals surface area contributed by atoms with Crippen molar-refractivity contribution in [3.05, 3.63) is 323 Å². The topological polar surface area (TPSA) is 246 Å². The van der Waals surface area contributed by atoms with E-state index in [2.05, 4.69) is 193 Å². The first-order chi connectivity index (χ1) is 57.6. The zero-order valence-corrected chi connectivity index (χ0v) is 81.1. The number of ether oxygens (including phenoxy) is 1. The Bertz CT molecular complexity index is 5610. The molecule has 0 fully saturated rings. The number of aliphatic hydroxyl groups is 1. The number of imidazole rings is 3. The van der Waals surface area contributed by atoms with Crippen molar-refractivity contribution in [3.63, 3.8) is 0 Å². The molecular formula is C86H92B2Br11N8O10. The number of hydrogen-bond acceptors (Lipinski definition) is 14. The Morgan fingerprint density at radius 1 is 0.564 bits per heavy atom. The van der Waals surface area contributed by atoms with Gasteiger partial charge in [-0.1, -0.05) is 170 Å². The highest BCUT2D eigenvalue weighted by Crippen LogP contribution is 2.35. The molecule has 1 aliphatic rings. The van der Waals surface area contributed by atoms with Gasteiger partial charge < -0.3 is 20.3 Å². The minimum Gasteiger partial charge on any atom is -0.506 e. The minimum absolute atomic E-state index is 0. The molecule has 5 aromatic carbocycles. The van der Waals surface area contributed by atoms with Crippen LogP contribution in [-0.4, -0.2) is 108 Å². The van der Waals surface area contributed by atoms with Crippen molar-refractivity contribution in [2.45, 2.75) is 103 Å². The van der Waals surface area contributed by atoms with Crippen molar-refractivity contribution in [3.8, 4) is 11.5 Å². The fraction of sp³-hybridized carbons (Fsp3) is 0.198. The predicted molar refractivity (Wildman–Crippen MR) is 524 cm³/mol. The maximum absolute atomic E-state index is 13.0. The average molecular weight is 2310 g/mol. The lowest BCUT2D eigenvalue weighted by molar-refractivity contribution is -0.116. The maximum Gasteiger partial charge on any atom is 0.369 e. The summed E-state index contributed by atoms with van der Waals surface area (Å²) in [6, 6.07) is 45.4. The quantitative estimate of drug-likeness (QED) is 0.0374. The lowest BCUT2D eigenvalue weighted by Gasteiger charge is -2.07. The van der Waals surface area contributed by atoms with E-state index in [4.69, 9.17) is 14.6 Å². The van der Waals surface area contributed by atoms with E-state index in [9.17, 15) is 43.8 Å². The number of hydrogen-bond donors (Lipinski definition) is 3. The van der Waals surface area contributed by atoms with E-state index in [-0.39, 0.29) is 113 Å². The molecule has 0 unspecified atom stereocenters. The lowest BCUT2D eigenvalue weighted by Crippen LogP contribution is -2.10. The summed E-state index contributed by atoms with van der Waals surface area (Å²) in [6.07, 6.45) is 13.5. The highest BCUT2D eigenvalue weighted by atomic mass is 80.9. The molecule has 3 radical (unpaired) electrons. The molecule has 0 aliphatic heterocycles. The van der Waals surface area contributed by atoms with E-state index >= 15 is 0 Å². The van der Waals surface area contributed by atoms with Gasteiger partial charge in [-0.25, -0.2) is 19.9 Å². The van der Waals surface area contributed by atoms with Crippen molar-refractivity contribution in [1.29, 1.82) is 0 Å². The molecule has 0 saturated carbocycles. The number of aromatic hydroxyl groups is 1. The Balaban J connectivity index is 0. The van der Waals surface area contributed by atoms with Gasteiger partial charge in [0.1, 0.15) is 57.1 Å². The molecule has 7 aromatic heterocycles. The maximum atomic E-state index is 13.0. The van der Waals surface area contributed by atoms with E-state index in [1.54, 1.807) is 88.0 Å². The summed E-state index contributed by atoms with van der Waals surface area (Å²) in [7, 11) is 1.54. The summed E-state index contributed by atoms with van der Waals surface area (Å²) in [5.41, 5.74) is 11.7. The third-order valence-corrected chi connectivity index (χ3v) is 17.8. The Morgan fingerprint density at radius 2 is 1.03 bits per heavy atom. The molecule has 1 amide bonds. The number of halogens is 11. The van der Waals surface area contributed by atoms with E-state index < -0.39 is 0 Å². The number of carbonyl (C=O) groups excluding carboxylic acids is 7. The Morgan fingerprint density at radius 3 is 1.45 bits per heavy atom. The molecule has 31 heteroatoms. The van der Waals surface area contributed by atoms with Crippen LogP contribution in [0.2, 0.25) is 0 Å². The number of aliphatic hydroxyl groups excluding tert-OH is 1. The molecule has 13 rings (SSSR count). The van der Waals surface area contributed by atoms with Crippen LogP contribution in [0.1, 0.15) is 177 Å². The summed E-state index contributed by atoms with van der Waals surface area (Å²) in [5, 5.41) is 23.4. The zero-order chi connectivity index (χ0) is 91.1. The van der Waals surface area contributed by atoms with Crippen LogP contribution >= 0.6 is 168 Å². The highest BCUT2D eigenvalue weighted by molar-refractivity contribution is 9.93. The molecule has 0 atom stereocenters. The fourth-order valence-corrected chi connectivity index (χ4v) is 12.1. The first-order valence-electron chi connectivity index (χ1n) is 37.7. The van der Waals surface area contributed by atoms with Gasteiger partial charge in [0, 0.05) is 138 Å². The van der Waals surface area contributed by atoms with Crippen LogP contribution in [0.5, 0.6) is 11.5 Å². The monoisotopic (exact) mass is 2290 g/mol. The van der Waals surface area contributed by atoms with Crippen LogP contribution in [0.15, 0.2) is 244 Å². The number of pyridine rings is 4. The summed E-state index contributed by atoms with van der Waals surface area (Å²) >= 11 is 33.1. The molecule has 0 bridgehead atoms. The van der Waals surface area contributed by atoms with Crippen LogP contribution in [0.4, 0.5) is 5.82 Å². The van der Waals surface area contributed by atoms with Gasteiger partial charge in [-0.2, -0.15) is 0 Å². The van der Waals surface area contributed by atoms with Crippen LogP contribution in [0, 0.1) is 20.8 Å². The summed E-state index contributed by atoms with van der Waals surface area (Å²) in [6.45, 7) is 16.5. The number of nitrogens with one attached hydrogen (secondary N) is 1. The van der Waals surface area contributed by atoms with Gasteiger partial charge in [0.25, 0.3) is 0 Å². The van der Waals surface area contributed by atoms with E-state index in [0.717, 1.165) is 49.4 Å². The number of rotatable bonds is 15. The van der Waals surface area contributed by atoms with Gasteiger partial charge in [0.2, 0.25) is 17.5 Å². The number of Topliss-reactive ketones (excluding diaryl/α,β-unsaturated/α-hetero) is 3. The second kappa shape index (κ2) is 57.1. The molecule has 18 nitrogen and oxygen atoms in total. The standard InChI is InChI=1S/C17H16N2O2.C16H12Br2N2O2.C16H14N2O2.2C9H9BrO.C9H10O.C8H10N2O.2CH4.BBr3.B.2Br2.2H2/c1-3-14-16(19-11-5-4-6-15(19)18-14)17(20)12-7-9-13(21-2)10-8-12;1-2-12-14(20-6-4-3-5-13(20)19-12)15(21)9-7-10(17)16(22)11(18)8-9;1-2-13-15(18-10-4-3-5-14(18)17-13)16(20)11-6-8-12(19)9-7-11;1-6-3-4-8(7(2)11)9(10)5-6;1-7-2-4-8(5-3-7)9(11)6-10;1-7-3-5-9(6-4-7)8(2)10;1-2-8(11)10-7-5-3-4-6-9-7;;;2-1(3)4;;2*1-2;;/h4-11H,3H2,1-2H3;3-8,22H,2H2,1H3;3-10,20H,2H2,1H3;3-5H,1-2H3;2-5H,6H2,1H3;3-6H,1-2H3;3-6H,2H2,1H3,(H,9,10,11);2*1H4;;;;;2*1H/i2*7D;6D;;4D;5D;;;;;;;;1+1D;1+1. The number of amides is 1. The van der Waals surface area contributed by atoms with E-state index in [1.165, 1.54) is 38.3 Å². The van der Waals surface area contributed by atoms with Crippen LogP contribution in [0.3, 0.4) is 0 Å². The van der Waals surface area contributed by atoms with Crippen molar-refractivity contribution in [2.75, 3.05) is 17.8 Å². The van der Waals surface area contributed by atoms with Gasteiger partial charge in [-0.15, -0.1) is 47.3 Å². The number of carbonyl (C=O) groups is 7. The number of methoxy groups -OCH3 is 1. The predicted octanol–water partition coefficient (Wildman–Crippen LogP) is 26.4. The number of benzene rings is 5. The first kappa shape index (κ1) is 97.0.